The number of ether oxygens (including phenoxy) is 1. The number of amides is 2. The number of aliphatic carboxylic acids is 1. The zero-order valence-corrected chi connectivity index (χ0v) is 11.2. The molecule has 0 fully saturated rings. The van der Waals surface area contributed by atoms with E-state index in [1.165, 1.54) is 25.3 Å². The molecule has 1 rings (SSSR count). The van der Waals surface area contributed by atoms with Crippen LogP contribution in [0.2, 0.25) is 0 Å². The molecule has 1 aromatic carbocycles. The van der Waals surface area contributed by atoms with Crippen LogP contribution >= 0.6 is 0 Å². The van der Waals surface area contributed by atoms with Gasteiger partial charge in [0.1, 0.15) is 0 Å². The molecule has 0 bridgehead atoms. The van der Waals surface area contributed by atoms with E-state index in [9.17, 15) is 19.7 Å². The van der Waals surface area contributed by atoms with E-state index in [4.69, 9.17) is 5.11 Å². The van der Waals surface area contributed by atoms with Gasteiger partial charge in [0.25, 0.3) is 5.69 Å². The molecule has 0 aliphatic rings. The monoisotopic (exact) mass is 297 g/mol. The highest BCUT2D eigenvalue weighted by atomic mass is 16.6. The number of nitrogens with zero attached hydrogens (tertiary/aromatic N) is 1. The first-order chi connectivity index (χ1) is 9.95. The summed E-state index contributed by atoms with van der Waals surface area (Å²) >= 11 is 0. The largest absolute Gasteiger partial charge is 0.480 e. The maximum atomic E-state index is 11.6. The molecule has 2 amide bonds. The number of hydrogen-bond acceptors (Lipinski definition) is 5. The molecule has 0 aliphatic heterocycles. The number of rotatable bonds is 7. The molecule has 0 saturated heterocycles. The Morgan fingerprint density at radius 1 is 1.43 bits per heavy atom. The quantitative estimate of drug-likeness (QED) is 0.496. The van der Waals surface area contributed by atoms with E-state index in [0.29, 0.717) is 5.56 Å². The summed E-state index contributed by atoms with van der Waals surface area (Å²) < 4.78 is 4.67. The SMILES string of the molecule is COCC(NC(=O)NCc1ccccc1[N+](=O)[O-])C(=O)O. The number of carboxylic acids is 1. The van der Waals surface area contributed by atoms with Gasteiger partial charge < -0.3 is 20.5 Å². The van der Waals surface area contributed by atoms with Crippen molar-refractivity contribution in [3.05, 3.63) is 39.9 Å². The molecule has 9 heteroatoms. The van der Waals surface area contributed by atoms with Gasteiger partial charge in [0, 0.05) is 18.7 Å². The molecule has 0 saturated carbocycles. The van der Waals surface area contributed by atoms with Crippen LogP contribution in [0.1, 0.15) is 5.56 Å². The molecular weight excluding hydrogens is 282 g/mol. The van der Waals surface area contributed by atoms with Gasteiger partial charge in [-0.1, -0.05) is 18.2 Å². The number of para-hydroxylation sites is 1. The summed E-state index contributed by atoms with van der Waals surface area (Å²) in [5.74, 6) is -1.24. The number of hydrogen-bond donors (Lipinski definition) is 3. The van der Waals surface area contributed by atoms with Crippen LogP contribution in [0.15, 0.2) is 24.3 Å². The lowest BCUT2D eigenvalue weighted by atomic mass is 10.2. The fraction of sp³-hybridized carbons (Fsp3) is 0.333. The highest BCUT2D eigenvalue weighted by Crippen LogP contribution is 2.16. The molecule has 1 atom stereocenters. The Morgan fingerprint density at radius 3 is 2.67 bits per heavy atom. The molecule has 21 heavy (non-hydrogen) atoms. The average molecular weight is 297 g/mol. The molecule has 114 valence electrons. The molecule has 3 N–H and O–H groups in total. The number of nitrogens with one attached hydrogen (secondary N) is 2. The summed E-state index contributed by atoms with van der Waals surface area (Å²) in [5.41, 5.74) is 0.195. The number of carbonyl (C=O) groups is 2. The number of benzene rings is 1. The van der Waals surface area contributed by atoms with Crippen LogP contribution < -0.4 is 10.6 Å². The third-order valence-corrected chi connectivity index (χ3v) is 2.56. The van der Waals surface area contributed by atoms with Crippen molar-refractivity contribution in [2.45, 2.75) is 12.6 Å². The Bertz CT molecular complexity index is 533. The van der Waals surface area contributed by atoms with E-state index in [1.807, 2.05) is 0 Å². The fourth-order valence-electron chi connectivity index (χ4n) is 1.56. The van der Waals surface area contributed by atoms with Crippen LogP contribution in [-0.4, -0.2) is 41.8 Å². The Kier molecular flexibility index (Phi) is 6.08. The molecule has 0 spiro atoms. The molecule has 0 aromatic heterocycles. The number of urea groups is 1. The van der Waals surface area contributed by atoms with Crippen LogP contribution in [0.4, 0.5) is 10.5 Å². The molecule has 0 radical (unpaired) electrons. The zero-order chi connectivity index (χ0) is 15.8. The molecule has 9 nitrogen and oxygen atoms in total. The lowest BCUT2D eigenvalue weighted by molar-refractivity contribution is -0.385. The summed E-state index contributed by atoms with van der Waals surface area (Å²) in [6.45, 7) is -0.281. The second-order valence-electron chi connectivity index (χ2n) is 4.06. The van der Waals surface area contributed by atoms with E-state index < -0.39 is 23.0 Å². The van der Waals surface area contributed by atoms with Crippen molar-refractivity contribution in [1.82, 2.24) is 10.6 Å². The van der Waals surface area contributed by atoms with Crippen LogP contribution in [0.5, 0.6) is 0 Å². The number of carboxylic acid groups (broad SMARTS) is 1. The van der Waals surface area contributed by atoms with Crippen molar-refractivity contribution in [2.75, 3.05) is 13.7 Å². The van der Waals surface area contributed by atoms with Gasteiger partial charge in [0.2, 0.25) is 0 Å². The minimum absolute atomic E-state index is 0.0949. The van der Waals surface area contributed by atoms with Gasteiger partial charge >= 0.3 is 12.0 Å². The van der Waals surface area contributed by atoms with Crippen LogP contribution in [-0.2, 0) is 16.1 Å². The number of nitro benzene ring substituents is 1. The highest BCUT2D eigenvalue weighted by molar-refractivity contribution is 5.82. The first kappa shape index (κ1) is 16.4. The van der Waals surface area contributed by atoms with Gasteiger partial charge in [-0.15, -0.1) is 0 Å². The Morgan fingerprint density at radius 2 is 2.10 bits per heavy atom. The predicted molar refractivity (Wildman–Crippen MR) is 71.8 cm³/mol. The van der Waals surface area contributed by atoms with Crippen molar-refractivity contribution < 1.29 is 24.4 Å². The van der Waals surface area contributed by atoms with E-state index in [-0.39, 0.29) is 18.8 Å². The Balaban J connectivity index is 2.61. The van der Waals surface area contributed by atoms with Gasteiger partial charge in [-0.25, -0.2) is 9.59 Å². The predicted octanol–water partition coefficient (Wildman–Crippen LogP) is 0.494. The van der Waals surface area contributed by atoms with E-state index in [1.54, 1.807) is 6.07 Å². The van der Waals surface area contributed by atoms with Gasteiger partial charge in [-0.2, -0.15) is 0 Å². The molecule has 0 heterocycles. The highest BCUT2D eigenvalue weighted by Gasteiger charge is 2.20. The van der Waals surface area contributed by atoms with Gasteiger partial charge in [0.15, 0.2) is 6.04 Å². The molecule has 0 aliphatic carbocycles. The third-order valence-electron chi connectivity index (χ3n) is 2.56. The summed E-state index contributed by atoms with van der Waals surface area (Å²) in [6, 6.07) is 3.99. The molecular formula is C12H15N3O6. The van der Waals surface area contributed by atoms with Crippen LogP contribution in [0, 0.1) is 10.1 Å². The third kappa shape index (κ3) is 5.07. The Hall–Kier alpha value is -2.68. The van der Waals surface area contributed by atoms with Crippen molar-refractivity contribution in [2.24, 2.45) is 0 Å². The molecule has 1 unspecified atom stereocenters. The van der Waals surface area contributed by atoms with Gasteiger partial charge in [-0.05, 0) is 0 Å². The minimum atomic E-state index is -1.24. The number of carbonyl (C=O) groups excluding carboxylic acids is 1. The second-order valence-corrected chi connectivity index (χ2v) is 4.06. The van der Waals surface area contributed by atoms with Crippen LogP contribution in [0.25, 0.3) is 0 Å². The van der Waals surface area contributed by atoms with E-state index in [0.717, 1.165) is 0 Å². The van der Waals surface area contributed by atoms with Gasteiger partial charge in [-0.3, -0.25) is 10.1 Å². The van der Waals surface area contributed by atoms with Crippen molar-refractivity contribution in [3.8, 4) is 0 Å². The lowest BCUT2D eigenvalue weighted by Crippen LogP contribution is -2.48. The maximum absolute atomic E-state index is 11.6. The summed E-state index contributed by atoms with van der Waals surface area (Å²) in [7, 11) is 1.31. The first-order valence-corrected chi connectivity index (χ1v) is 5.94. The normalized spacial score (nSPS) is 11.5. The first-order valence-electron chi connectivity index (χ1n) is 5.94. The summed E-state index contributed by atoms with van der Waals surface area (Å²) in [5, 5.41) is 24.2. The average Bonchev–Trinajstić information content (AvgIpc) is 2.44. The van der Waals surface area contributed by atoms with E-state index >= 15 is 0 Å². The maximum Gasteiger partial charge on any atom is 0.328 e. The van der Waals surface area contributed by atoms with Crippen molar-refractivity contribution >= 4 is 17.7 Å². The Labute approximate surface area is 120 Å². The zero-order valence-electron chi connectivity index (χ0n) is 11.2. The smallest absolute Gasteiger partial charge is 0.328 e. The lowest BCUT2D eigenvalue weighted by Gasteiger charge is -2.14. The molecule has 1 aromatic rings. The van der Waals surface area contributed by atoms with Gasteiger partial charge in [0.05, 0.1) is 18.1 Å². The van der Waals surface area contributed by atoms with E-state index in [2.05, 4.69) is 15.4 Å². The fourth-order valence-corrected chi connectivity index (χ4v) is 1.56. The standard InChI is InChI=1S/C12H15N3O6/c1-21-7-9(11(16)17)14-12(18)13-6-8-4-2-3-5-10(8)15(19)20/h2-5,9H,6-7H2,1H3,(H,16,17)(H2,13,14,18). The van der Waals surface area contributed by atoms with Crippen LogP contribution in [0.3, 0.4) is 0 Å². The van der Waals surface area contributed by atoms with Crippen molar-refractivity contribution in [1.29, 1.82) is 0 Å². The topological polar surface area (TPSA) is 131 Å². The second kappa shape index (κ2) is 7.80. The summed E-state index contributed by atoms with van der Waals surface area (Å²) in [6.07, 6.45) is 0. The number of nitro groups is 1. The van der Waals surface area contributed by atoms with Crippen molar-refractivity contribution in [3.63, 3.8) is 0 Å². The number of methoxy groups -OCH3 is 1. The summed E-state index contributed by atoms with van der Waals surface area (Å²) in [4.78, 5) is 32.7. The minimum Gasteiger partial charge on any atom is -0.480 e.